The Morgan fingerprint density at radius 3 is 2.50 bits per heavy atom. The normalized spacial score (nSPS) is 28.2. The minimum atomic E-state index is -0.477. The fraction of sp³-hybridized carbons (Fsp3) is 0.882. The van der Waals surface area contributed by atoms with Gasteiger partial charge in [0.1, 0.15) is 6.04 Å². The quantitative estimate of drug-likeness (QED) is 0.830. The fourth-order valence-electron chi connectivity index (χ4n) is 3.64. The number of nitrogens with one attached hydrogen (secondary N) is 1. The van der Waals surface area contributed by atoms with Crippen LogP contribution in [0, 0.1) is 11.8 Å². The lowest BCUT2D eigenvalue weighted by molar-refractivity contribution is -0.141. The van der Waals surface area contributed by atoms with Crippen molar-refractivity contribution in [1.82, 2.24) is 10.2 Å². The van der Waals surface area contributed by atoms with Crippen molar-refractivity contribution < 1.29 is 14.7 Å². The van der Waals surface area contributed by atoms with E-state index < -0.39 is 6.04 Å². The molecule has 0 aromatic heterocycles. The number of carbonyl (C=O) groups excluding carboxylic acids is 2. The Bertz CT molecular complexity index is 393. The van der Waals surface area contributed by atoms with E-state index in [0.717, 1.165) is 38.5 Å². The number of amides is 2. The van der Waals surface area contributed by atoms with E-state index in [1.54, 1.807) is 6.92 Å². The van der Waals surface area contributed by atoms with Crippen LogP contribution >= 0.6 is 0 Å². The molecule has 22 heavy (non-hydrogen) atoms. The van der Waals surface area contributed by atoms with E-state index >= 15 is 0 Å². The zero-order valence-electron chi connectivity index (χ0n) is 13.9. The molecule has 2 aliphatic rings. The molecular formula is C17H30N2O3. The van der Waals surface area contributed by atoms with Crippen LogP contribution in [0.25, 0.3) is 0 Å². The molecule has 2 N–H and O–H groups in total. The highest BCUT2D eigenvalue weighted by Gasteiger charge is 2.32. The second-order valence-electron chi connectivity index (χ2n) is 7.03. The Balaban J connectivity index is 1.88. The number of rotatable bonds is 4. The monoisotopic (exact) mass is 310 g/mol. The Hall–Kier alpha value is -1.10. The number of aliphatic hydroxyl groups is 1. The van der Waals surface area contributed by atoms with Gasteiger partial charge in [0.2, 0.25) is 11.8 Å². The van der Waals surface area contributed by atoms with Gasteiger partial charge in [0.05, 0.1) is 0 Å². The molecule has 5 nitrogen and oxygen atoms in total. The summed E-state index contributed by atoms with van der Waals surface area (Å²) in [6.07, 6.45) is 7.21. The molecule has 1 aliphatic heterocycles. The van der Waals surface area contributed by atoms with Crippen LogP contribution in [0.5, 0.6) is 0 Å². The van der Waals surface area contributed by atoms with Gasteiger partial charge in [0.15, 0.2) is 0 Å². The number of aliphatic hydroxyl groups excluding tert-OH is 1. The van der Waals surface area contributed by atoms with E-state index in [9.17, 15) is 14.7 Å². The highest BCUT2D eigenvalue weighted by Crippen LogP contribution is 2.25. The summed E-state index contributed by atoms with van der Waals surface area (Å²) in [6, 6.07) is -0.293. The van der Waals surface area contributed by atoms with E-state index in [0.29, 0.717) is 6.54 Å². The maximum Gasteiger partial charge on any atom is 0.245 e. The molecule has 2 amide bonds. The van der Waals surface area contributed by atoms with Crippen molar-refractivity contribution in [2.24, 2.45) is 11.8 Å². The maximum absolute atomic E-state index is 12.6. The number of piperidine rings is 1. The van der Waals surface area contributed by atoms with Crippen LogP contribution in [0.1, 0.15) is 58.8 Å². The molecule has 1 aliphatic carbocycles. The molecule has 1 saturated heterocycles. The highest BCUT2D eigenvalue weighted by molar-refractivity contribution is 5.88. The molecular weight excluding hydrogens is 280 g/mol. The van der Waals surface area contributed by atoms with Crippen molar-refractivity contribution in [3.63, 3.8) is 0 Å². The molecule has 126 valence electrons. The standard InChI is InChI=1S/C17H30N2O3/c1-12-8-9-14(11-20)10-19(12)17(22)13(2)18-16(21)15-6-4-3-5-7-15/h12-15,20H,3-11H2,1-2H3,(H,18,21). The minimum absolute atomic E-state index is 0.0187. The van der Waals surface area contributed by atoms with Crippen molar-refractivity contribution in [2.75, 3.05) is 13.2 Å². The molecule has 0 radical (unpaired) electrons. The average Bonchev–Trinajstić information content (AvgIpc) is 2.55. The highest BCUT2D eigenvalue weighted by atomic mass is 16.3. The molecule has 0 aromatic rings. The summed E-state index contributed by atoms with van der Waals surface area (Å²) >= 11 is 0. The predicted octanol–water partition coefficient (Wildman–Crippen LogP) is 1.69. The Kier molecular flexibility index (Phi) is 6.24. The van der Waals surface area contributed by atoms with E-state index in [4.69, 9.17) is 0 Å². The molecule has 2 rings (SSSR count). The van der Waals surface area contributed by atoms with E-state index in [2.05, 4.69) is 5.32 Å². The van der Waals surface area contributed by atoms with E-state index in [1.807, 2.05) is 11.8 Å². The zero-order chi connectivity index (χ0) is 16.1. The predicted molar refractivity (Wildman–Crippen MR) is 85.2 cm³/mol. The molecule has 0 aromatic carbocycles. The largest absolute Gasteiger partial charge is 0.396 e. The maximum atomic E-state index is 12.6. The average molecular weight is 310 g/mol. The molecule has 2 fully saturated rings. The molecule has 1 saturated carbocycles. The molecule has 0 bridgehead atoms. The first-order chi connectivity index (χ1) is 10.5. The van der Waals surface area contributed by atoms with Gasteiger partial charge in [-0.1, -0.05) is 19.3 Å². The Morgan fingerprint density at radius 2 is 1.86 bits per heavy atom. The third-order valence-electron chi connectivity index (χ3n) is 5.23. The van der Waals surface area contributed by atoms with Gasteiger partial charge in [-0.2, -0.15) is 0 Å². The summed E-state index contributed by atoms with van der Waals surface area (Å²) in [7, 11) is 0. The number of likely N-dealkylation sites (tertiary alicyclic amines) is 1. The summed E-state index contributed by atoms with van der Waals surface area (Å²) in [5.74, 6) is 0.257. The summed E-state index contributed by atoms with van der Waals surface area (Å²) in [6.45, 7) is 4.54. The second kappa shape index (κ2) is 7.95. The van der Waals surface area contributed by atoms with Gasteiger partial charge in [-0.25, -0.2) is 0 Å². The second-order valence-corrected chi connectivity index (χ2v) is 7.03. The zero-order valence-corrected chi connectivity index (χ0v) is 13.9. The first-order valence-corrected chi connectivity index (χ1v) is 8.74. The van der Waals surface area contributed by atoms with Crippen molar-refractivity contribution >= 4 is 11.8 Å². The lowest BCUT2D eigenvalue weighted by atomic mass is 9.88. The van der Waals surface area contributed by atoms with Crippen LogP contribution in [0.2, 0.25) is 0 Å². The van der Waals surface area contributed by atoms with E-state index in [-0.39, 0.29) is 36.3 Å². The van der Waals surface area contributed by atoms with E-state index in [1.165, 1.54) is 6.42 Å². The fourth-order valence-corrected chi connectivity index (χ4v) is 3.64. The van der Waals surface area contributed by atoms with Crippen LogP contribution in [0.4, 0.5) is 0 Å². The molecule has 0 spiro atoms. The Labute approximate surface area is 133 Å². The van der Waals surface area contributed by atoms with Crippen LogP contribution in [0.15, 0.2) is 0 Å². The smallest absolute Gasteiger partial charge is 0.245 e. The van der Waals surface area contributed by atoms with Crippen molar-refractivity contribution in [3.8, 4) is 0 Å². The molecule has 3 atom stereocenters. The number of nitrogens with zero attached hydrogens (tertiary/aromatic N) is 1. The van der Waals surface area contributed by atoms with Gasteiger partial charge in [-0.3, -0.25) is 9.59 Å². The van der Waals surface area contributed by atoms with Gasteiger partial charge in [-0.15, -0.1) is 0 Å². The lowest BCUT2D eigenvalue weighted by Gasteiger charge is -2.39. The third-order valence-corrected chi connectivity index (χ3v) is 5.23. The summed E-state index contributed by atoms with van der Waals surface area (Å²) in [5.41, 5.74) is 0. The van der Waals surface area contributed by atoms with Gasteiger partial charge in [0.25, 0.3) is 0 Å². The van der Waals surface area contributed by atoms with Gasteiger partial charge >= 0.3 is 0 Å². The molecule has 1 heterocycles. The lowest BCUT2D eigenvalue weighted by Crippen LogP contribution is -2.54. The van der Waals surface area contributed by atoms with Crippen LogP contribution in [-0.4, -0.2) is 47.1 Å². The summed E-state index contributed by atoms with van der Waals surface area (Å²) < 4.78 is 0. The van der Waals surface area contributed by atoms with Crippen LogP contribution in [-0.2, 0) is 9.59 Å². The summed E-state index contributed by atoms with van der Waals surface area (Å²) in [5, 5.41) is 12.2. The SMILES string of the molecule is CC(NC(=O)C1CCCCC1)C(=O)N1CC(CO)CCC1C. The number of carbonyl (C=O) groups is 2. The number of hydrogen-bond acceptors (Lipinski definition) is 3. The molecule has 3 unspecified atom stereocenters. The van der Waals surface area contributed by atoms with Crippen LogP contribution < -0.4 is 5.32 Å². The molecule has 5 heteroatoms. The summed E-state index contributed by atoms with van der Waals surface area (Å²) in [4.78, 5) is 26.7. The minimum Gasteiger partial charge on any atom is -0.396 e. The number of hydrogen-bond donors (Lipinski definition) is 2. The first-order valence-electron chi connectivity index (χ1n) is 8.74. The van der Waals surface area contributed by atoms with Crippen molar-refractivity contribution in [2.45, 2.75) is 70.9 Å². The van der Waals surface area contributed by atoms with Gasteiger partial charge in [-0.05, 0) is 45.4 Å². The van der Waals surface area contributed by atoms with Gasteiger partial charge < -0.3 is 15.3 Å². The van der Waals surface area contributed by atoms with Crippen molar-refractivity contribution in [3.05, 3.63) is 0 Å². The topological polar surface area (TPSA) is 69.6 Å². The third kappa shape index (κ3) is 4.22. The Morgan fingerprint density at radius 1 is 1.18 bits per heavy atom. The van der Waals surface area contributed by atoms with Gasteiger partial charge in [0, 0.05) is 25.1 Å². The van der Waals surface area contributed by atoms with Crippen molar-refractivity contribution in [1.29, 1.82) is 0 Å². The van der Waals surface area contributed by atoms with Crippen LogP contribution in [0.3, 0.4) is 0 Å². The first kappa shape index (κ1) is 17.3.